The molecule has 0 aliphatic carbocycles. The van der Waals surface area contributed by atoms with Gasteiger partial charge in [-0.1, -0.05) is 0 Å². The fourth-order valence-electron chi connectivity index (χ4n) is 1.46. The first-order valence-electron chi connectivity index (χ1n) is 5.26. The number of anilines is 1. The maximum absolute atomic E-state index is 12.2. The molecule has 0 aliphatic rings. The monoisotopic (exact) mass is 376 g/mol. The van der Waals surface area contributed by atoms with Crippen molar-refractivity contribution >= 4 is 48.9 Å². The summed E-state index contributed by atoms with van der Waals surface area (Å²) in [5.41, 5.74) is 1.13. The third-order valence-electron chi connectivity index (χ3n) is 2.28. The van der Waals surface area contributed by atoms with Crippen LogP contribution in [0.25, 0.3) is 0 Å². The molecule has 2 heterocycles. The molecule has 0 saturated heterocycles. The van der Waals surface area contributed by atoms with E-state index < -0.39 is 16.0 Å². The van der Waals surface area contributed by atoms with Crippen LogP contribution in [0.3, 0.4) is 0 Å². The Kier molecular flexibility index (Phi) is 4.11. The number of halogens is 1. The second-order valence-corrected chi connectivity index (χ2v) is 7.93. The molecule has 2 aromatic rings. The molecule has 0 spiro atoms. The van der Waals surface area contributed by atoms with E-state index >= 15 is 0 Å². The van der Waals surface area contributed by atoms with Gasteiger partial charge in [0, 0.05) is 6.20 Å². The van der Waals surface area contributed by atoms with Crippen molar-refractivity contribution in [3.8, 4) is 0 Å². The highest BCUT2D eigenvalue weighted by Crippen LogP contribution is 2.32. The molecule has 0 saturated carbocycles. The molecule has 6 nitrogen and oxygen atoms in total. The molecule has 9 heteroatoms. The highest BCUT2D eigenvalue weighted by atomic mass is 79.9. The molecule has 0 unspecified atom stereocenters. The Bertz CT molecular complexity index is 770. The summed E-state index contributed by atoms with van der Waals surface area (Å²) in [6.45, 7) is 1.79. The van der Waals surface area contributed by atoms with Crippen LogP contribution in [0.2, 0.25) is 0 Å². The molecule has 0 fully saturated rings. The van der Waals surface area contributed by atoms with Crippen LogP contribution in [0.5, 0.6) is 0 Å². The van der Waals surface area contributed by atoms with E-state index in [0.717, 1.165) is 23.0 Å². The summed E-state index contributed by atoms with van der Waals surface area (Å²) >= 11 is 3.91. The summed E-state index contributed by atoms with van der Waals surface area (Å²) < 4.78 is 27.0. The van der Waals surface area contributed by atoms with E-state index in [0.29, 0.717) is 5.69 Å². The Morgan fingerprint density at radius 1 is 1.40 bits per heavy atom. The number of pyridine rings is 1. The van der Waals surface area contributed by atoms with Crippen molar-refractivity contribution in [2.45, 2.75) is 11.8 Å². The number of aromatic carboxylic acids is 1. The van der Waals surface area contributed by atoms with Crippen molar-refractivity contribution in [1.29, 1.82) is 0 Å². The molecular weight excluding hydrogens is 368 g/mol. The minimum atomic E-state index is -3.86. The smallest absolute Gasteiger partial charge is 0.345 e. The first-order valence-corrected chi connectivity index (χ1v) is 8.36. The van der Waals surface area contributed by atoms with Crippen molar-refractivity contribution in [1.82, 2.24) is 4.98 Å². The lowest BCUT2D eigenvalue weighted by Gasteiger charge is -2.07. The van der Waals surface area contributed by atoms with E-state index in [1.165, 1.54) is 6.20 Å². The van der Waals surface area contributed by atoms with Crippen LogP contribution >= 0.6 is 27.3 Å². The van der Waals surface area contributed by atoms with Gasteiger partial charge in [-0.2, -0.15) is 0 Å². The van der Waals surface area contributed by atoms with E-state index in [9.17, 15) is 13.2 Å². The molecular formula is C11H9BrN2O4S2. The second-order valence-electron chi connectivity index (χ2n) is 3.91. The van der Waals surface area contributed by atoms with Gasteiger partial charge in [-0.15, -0.1) is 11.3 Å². The van der Waals surface area contributed by atoms with E-state index in [2.05, 4.69) is 25.6 Å². The van der Waals surface area contributed by atoms with Crippen LogP contribution in [0, 0.1) is 6.92 Å². The van der Waals surface area contributed by atoms with Gasteiger partial charge in [0.25, 0.3) is 10.0 Å². The van der Waals surface area contributed by atoms with Crippen LogP contribution in [0.15, 0.2) is 33.2 Å². The molecule has 2 N–H and O–H groups in total. The van der Waals surface area contributed by atoms with Crippen LogP contribution in [-0.4, -0.2) is 24.5 Å². The minimum Gasteiger partial charge on any atom is -0.477 e. The van der Waals surface area contributed by atoms with Gasteiger partial charge in [0.1, 0.15) is 9.77 Å². The fourth-order valence-corrected chi connectivity index (χ4v) is 4.90. The molecule has 0 amide bonds. The fraction of sp³-hybridized carbons (Fsp3) is 0.0909. The molecule has 0 atom stereocenters. The number of hydrogen-bond acceptors (Lipinski definition) is 5. The number of nitrogens with zero attached hydrogens (tertiary/aromatic N) is 1. The van der Waals surface area contributed by atoms with Gasteiger partial charge in [0.05, 0.1) is 15.7 Å². The molecule has 0 aromatic carbocycles. The van der Waals surface area contributed by atoms with Crippen LogP contribution in [0.1, 0.15) is 15.2 Å². The van der Waals surface area contributed by atoms with Gasteiger partial charge in [-0.3, -0.25) is 9.71 Å². The predicted octanol–water partition coefficient (Wildman–Crippen LogP) is 2.71. The summed E-state index contributed by atoms with van der Waals surface area (Å²) in [6.07, 6.45) is 2.98. The zero-order valence-corrected chi connectivity index (χ0v) is 13.3. The van der Waals surface area contributed by atoms with E-state index in [1.54, 1.807) is 19.2 Å². The summed E-state index contributed by atoms with van der Waals surface area (Å²) in [6, 6.07) is 2.74. The first kappa shape index (κ1) is 14.9. The average Bonchev–Trinajstić information content (AvgIpc) is 2.71. The van der Waals surface area contributed by atoms with Gasteiger partial charge < -0.3 is 5.11 Å². The molecule has 2 aromatic heterocycles. The van der Waals surface area contributed by atoms with Crippen LogP contribution in [0.4, 0.5) is 5.69 Å². The third-order valence-corrected chi connectivity index (χ3v) is 5.90. The lowest BCUT2D eigenvalue weighted by atomic mass is 10.3. The maximum Gasteiger partial charge on any atom is 0.345 e. The highest BCUT2D eigenvalue weighted by molar-refractivity contribution is 9.11. The van der Waals surface area contributed by atoms with E-state index in [-0.39, 0.29) is 13.6 Å². The van der Waals surface area contributed by atoms with Crippen molar-refractivity contribution in [2.24, 2.45) is 0 Å². The van der Waals surface area contributed by atoms with Gasteiger partial charge in [-0.05, 0) is 40.5 Å². The number of aromatic nitrogens is 1. The Labute approximate surface area is 127 Å². The van der Waals surface area contributed by atoms with E-state index in [4.69, 9.17) is 5.11 Å². The minimum absolute atomic E-state index is 0.0559. The zero-order valence-electron chi connectivity index (χ0n) is 10.1. The summed E-state index contributed by atoms with van der Waals surface area (Å²) in [5, 5.41) is 8.88. The number of sulfonamides is 1. The molecule has 0 aliphatic heterocycles. The number of carboxylic acids is 1. The average molecular weight is 377 g/mol. The Morgan fingerprint density at radius 3 is 2.65 bits per heavy atom. The summed E-state index contributed by atoms with van der Waals surface area (Å²) in [5.74, 6) is -1.17. The molecule has 20 heavy (non-hydrogen) atoms. The van der Waals surface area contributed by atoms with Crippen molar-refractivity contribution in [2.75, 3.05) is 4.72 Å². The quantitative estimate of drug-likeness (QED) is 0.854. The molecule has 0 bridgehead atoms. The first-order chi connectivity index (χ1) is 9.29. The number of rotatable bonds is 4. The third kappa shape index (κ3) is 3.17. The normalized spacial score (nSPS) is 11.3. The van der Waals surface area contributed by atoms with Gasteiger partial charge >= 0.3 is 5.97 Å². The number of nitrogens with one attached hydrogen (secondary N) is 1. The largest absolute Gasteiger partial charge is 0.477 e. The van der Waals surface area contributed by atoms with Gasteiger partial charge in [0.15, 0.2) is 0 Å². The Balaban J connectivity index is 2.38. The van der Waals surface area contributed by atoms with Crippen LogP contribution in [-0.2, 0) is 10.0 Å². The maximum atomic E-state index is 12.2. The predicted molar refractivity (Wildman–Crippen MR) is 78.8 cm³/mol. The Hall–Kier alpha value is -1.45. The Morgan fingerprint density at radius 2 is 2.10 bits per heavy atom. The lowest BCUT2D eigenvalue weighted by molar-refractivity contribution is 0.0702. The van der Waals surface area contributed by atoms with Gasteiger partial charge in [-0.25, -0.2) is 13.2 Å². The van der Waals surface area contributed by atoms with Crippen molar-refractivity contribution in [3.63, 3.8) is 0 Å². The van der Waals surface area contributed by atoms with Crippen molar-refractivity contribution in [3.05, 3.63) is 38.8 Å². The lowest BCUT2D eigenvalue weighted by Crippen LogP contribution is -2.13. The number of hydrogen-bond donors (Lipinski definition) is 2. The molecule has 2 rings (SSSR count). The van der Waals surface area contributed by atoms with E-state index in [1.807, 2.05) is 0 Å². The topological polar surface area (TPSA) is 96.4 Å². The number of aryl methyl sites for hydroxylation is 1. The van der Waals surface area contributed by atoms with Gasteiger partial charge in [0.2, 0.25) is 0 Å². The summed E-state index contributed by atoms with van der Waals surface area (Å²) in [4.78, 5) is 14.6. The summed E-state index contributed by atoms with van der Waals surface area (Å²) in [7, 11) is -3.86. The highest BCUT2D eigenvalue weighted by Gasteiger charge is 2.23. The zero-order chi connectivity index (χ0) is 14.9. The SMILES string of the molecule is Cc1cncc(NS(=O)(=O)c2cc(C(=O)O)sc2Br)c1. The number of carboxylic acid groups (broad SMARTS) is 1. The molecule has 0 radical (unpaired) electrons. The number of carbonyl (C=O) groups is 1. The number of thiophene rings is 1. The van der Waals surface area contributed by atoms with Crippen molar-refractivity contribution < 1.29 is 18.3 Å². The second kappa shape index (κ2) is 5.51. The standard InChI is InChI=1S/C11H9BrN2O4S2/c1-6-2-7(5-13-4-6)14-20(17,18)9-3-8(11(15)16)19-10(9)12/h2-5,14H,1H3,(H,15,16). The molecule has 106 valence electrons. The van der Waals surface area contributed by atoms with Crippen LogP contribution < -0.4 is 4.72 Å².